The van der Waals surface area contributed by atoms with E-state index in [0.29, 0.717) is 17.5 Å². The van der Waals surface area contributed by atoms with Crippen LogP contribution in [0.3, 0.4) is 0 Å². The van der Waals surface area contributed by atoms with Gasteiger partial charge in [0.2, 0.25) is 0 Å². The minimum atomic E-state index is -0.574. The average Bonchev–Trinajstić information content (AvgIpc) is 2.58. The molecule has 1 aliphatic carbocycles. The van der Waals surface area contributed by atoms with Gasteiger partial charge in [-0.25, -0.2) is 9.59 Å². The van der Waals surface area contributed by atoms with Crippen LogP contribution < -0.4 is 0 Å². The fraction of sp³-hybridized carbons (Fsp3) is 0.444. The predicted octanol–water partition coefficient (Wildman–Crippen LogP) is 4.06. The van der Waals surface area contributed by atoms with Crippen molar-refractivity contribution in [3.05, 3.63) is 47.0 Å². The molecule has 1 fully saturated rings. The van der Waals surface area contributed by atoms with Gasteiger partial charge in [0.15, 0.2) is 0 Å². The maximum Gasteiger partial charge on any atom is 0.331 e. The van der Waals surface area contributed by atoms with Gasteiger partial charge in [-0.05, 0) is 36.5 Å². The van der Waals surface area contributed by atoms with Crippen molar-refractivity contribution >= 4 is 23.5 Å². The van der Waals surface area contributed by atoms with E-state index in [0.717, 1.165) is 30.6 Å². The number of carbonyl (C=O) groups excluding carboxylic acids is 2. The molecule has 0 atom stereocenters. The van der Waals surface area contributed by atoms with E-state index in [9.17, 15) is 9.59 Å². The van der Waals surface area contributed by atoms with Crippen molar-refractivity contribution in [1.29, 1.82) is 0 Å². The van der Waals surface area contributed by atoms with Crippen LogP contribution in [-0.4, -0.2) is 18.5 Å². The molecule has 1 aromatic rings. The highest BCUT2D eigenvalue weighted by molar-refractivity contribution is 6.30. The Balaban J connectivity index is 1.65. The molecule has 4 nitrogen and oxygen atoms in total. The highest BCUT2D eigenvalue weighted by Crippen LogP contribution is 2.23. The maximum atomic E-state index is 11.6. The number of halogens is 1. The number of benzene rings is 1. The summed E-state index contributed by atoms with van der Waals surface area (Å²) in [6.07, 6.45) is 8.11. The Kier molecular flexibility index (Phi) is 7.14. The molecule has 0 unspecified atom stereocenters. The molecule has 1 aromatic carbocycles. The van der Waals surface area contributed by atoms with Crippen LogP contribution in [-0.2, 0) is 25.7 Å². The van der Waals surface area contributed by atoms with Crippen LogP contribution in [0.5, 0.6) is 0 Å². The third kappa shape index (κ3) is 6.87. The van der Waals surface area contributed by atoms with Crippen LogP contribution in [0.15, 0.2) is 36.4 Å². The van der Waals surface area contributed by atoms with Crippen LogP contribution in [0.2, 0.25) is 5.02 Å². The molecule has 0 aliphatic heterocycles. The molecule has 2 rings (SSSR count). The Labute approximate surface area is 141 Å². The Morgan fingerprint density at radius 1 is 1.00 bits per heavy atom. The number of carbonyl (C=O) groups is 2. The Hall–Kier alpha value is -1.81. The summed E-state index contributed by atoms with van der Waals surface area (Å²) in [4.78, 5) is 23.1. The van der Waals surface area contributed by atoms with E-state index in [2.05, 4.69) is 0 Å². The monoisotopic (exact) mass is 336 g/mol. The van der Waals surface area contributed by atoms with Crippen LogP contribution in [0, 0.1) is 5.92 Å². The standard InChI is InChI=1S/C18H21ClO4/c19-16-8-6-15(7-9-16)13-23-18(21)11-10-17(20)22-12-14-4-2-1-3-5-14/h6-11,14H,1-5,12-13H2/b11-10+. The summed E-state index contributed by atoms with van der Waals surface area (Å²) in [5.74, 6) is -0.619. The van der Waals surface area contributed by atoms with E-state index < -0.39 is 11.9 Å². The maximum absolute atomic E-state index is 11.6. The lowest BCUT2D eigenvalue weighted by molar-refractivity contribution is -0.142. The SMILES string of the molecule is O=C(/C=C/C(=O)OCC1CCCCC1)OCc1ccc(Cl)cc1. The molecular formula is C18H21ClO4. The van der Waals surface area contributed by atoms with Gasteiger partial charge in [0.25, 0.3) is 0 Å². The molecule has 0 radical (unpaired) electrons. The molecule has 1 aliphatic rings. The van der Waals surface area contributed by atoms with E-state index in [1.54, 1.807) is 24.3 Å². The molecule has 1 saturated carbocycles. The molecule has 0 heterocycles. The first kappa shape index (κ1) is 17.5. The predicted molar refractivity (Wildman–Crippen MR) is 87.9 cm³/mol. The van der Waals surface area contributed by atoms with Gasteiger partial charge in [0.05, 0.1) is 6.61 Å². The van der Waals surface area contributed by atoms with Crippen molar-refractivity contribution in [3.63, 3.8) is 0 Å². The van der Waals surface area contributed by atoms with Gasteiger partial charge in [-0.2, -0.15) is 0 Å². The molecule has 23 heavy (non-hydrogen) atoms. The number of hydrogen-bond acceptors (Lipinski definition) is 4. The smallest absolute Gasteiger partial charge is 0.331 e. The van der Waals surface area contributed by atoms with Gasteiger partial charge < -0.3 is 9.47 Å². The van der Waals surface area contributed by atoms with Crippen molar-refractivity contribution in [2.75, 3.05) is 6.61 Å². The first-order valence-corrected chi connectivity index (χ1v) is 8.27. The zero-order chi connectivity index (χ0) is 16.5. The zero-order valence-electron chi connectivity index (χ0n) is 13.0. The topological polar surface area (TPSA) is 52.6 Å². The quantitative estimate of drug-likeness (QED) is 0.580. The zero-order valence-corrected chi connectivity index (χ0v) is 13.8. The fourth-order valence-electron chi connectivity index (χ4n) is 2.52. The first-order valence-electron chi connectivity index (χ1n) is 7.89. The second-order valence-corrected chi connectivity index (χ2v) is 6.14. The minimum absolute atomic E-state index is 0.136. The average molecular weight is 337 g/mol. The molecule has 5 heteroatoms. The summed E-state index contributed by atoms with van der Waals surface area (Å²) in [6, 6.07) is 7.00. The summed E-state index contributed by atoms with van der Waals surface area (Å²) in [6.45, 7) is 0.570. The third-order valence-corrected chi connectivity index (χ3v) is 4.09. The Morgan fingerprint density at radius 3 is 2.26 bits per heavy atom. The molecule has 0 amide bonds. The van der Waals surface area contributed by atoms with Gasteiger partial charge in [-0.3, -0.25) is 0 Å². The highest BCUT2D eigenvalue weighted by atomic mass is 35.5. The lowest BCUT2D eigenvalue weighted by Crippen LogP contribution is -2.15. The van der Waals surface area contributed by atoms with Crippen LogP contribution in [0.1, 0.15) is 37.7 Å². The molecule has 0 aromatic heterocycles. The molecule has 0 saturated heterocycles. The normalized spacial score (nSPS) is 15.5. The van der Waals surface area contributed by atoms with E-state index in [1.165, 1.54) is 19.3 Å². The molecule has 124 valence electrons. The van der Waals surface area contributed by atoms with E-state index >= 15 is 0 Å². The van der Waals surface area contributed by atoms with E-state index in [4.69, 9.17) is 21.1 Å². The van der Waals surface area contributed by atoms with Crippen molar-refractivity contribution in [3.8, 4) is 0 Å². The number of hydrogen-bond donors (Lipinski definition) is 0. The summed E-state index contributed by atoms with van der Waals surface area (Å²) in [5.41, 5.74) is 0.830. The third-order valence-electron chi connectivity index (χ3n) is 3.84. The van der Waals surface area contributed by atoms with Crippen molar-refractivity contribution < 1.29 is 19.1 Å². The van der Waals surface area contributed by atoms with Crippen LogP contribution in [0.25, 0.3) is 0 Å². The largest absolute Gasteiger partial charge is 0.462 e. The van der Waals surface area contributed by atoms with Crippen LogP contribution in [0.4, 0.5) is 0 Å². The summed E-state index contributed by atoms with van der Waals surface area (Å²) in [7, 11) is 0. The summed E-state index contributed by atoms with van der Waals surface area (Å²) in [5, 5.41) is 0.626. The van der Waals surface area contributed by atoms with E-state index in [1.807, 2.05) is 0 Å². The summed E-state index contributed by atoms with van der Waals surface area (Å²) >= 11 is 5.77. The molecular weight excluding hydrogens is 316 g/mol. The minimum Gasteiger partial charge on any atom is -0.462 e. The highest BCUT2D eigenvalue weighted by Gasteiger charge is 2.14. The van der Waals surface area contributed by atoms with Gasteiger partial charge in [-0.15, -0.1) is 0 Å². The number of esters is 2. The second-order valence-electron chi connectivity index (χ2n) is 5.70. The molecule has 0 bridgehead atoms. The fourth-order valence-corrected chi connectivity index (χ4v) is 2.65. The lowest BCUT2D eigenvalue weighted by Gasteiger charge is -2.20. The molecule has 0 spiro atoms. The van der Waals surface area contributed by atoms with Gasteiger partial charge in [0, 0.05) is 17.2 Å². The number of rotatable bonds is 6. The van der Waals surface area contributed by atoms with Gasteiger partial charge in [0.1, 0.15) is 6.61 Å². The van der Waals surface area contributed by atoms with Crippen molar-refractivity contribution in [1.82, 2.24) is 0 Å². The van der Waals surface area contributed by atoms with Crippen molar-refractivity contribution in [2.24, 2.45) is 5.92 Å². The second kappa shape index (κ2) is 9.36. The van der Waals surface area contributed by atoms with Gasteiger partial charge in [-0.1, -0.05) is 43.0 Å². The Morgan fingerprint density at radius 2 is 1.61 bits per heavy atom. The number of ether oxygens (including phenoxy) is 2. The lowest BCUT2D eigenvalue weighted by atomic mass is 9.90. The first-order chi connectivity index (χ1) is 11.1. The van der Waals surface area contributed by atoms with Crippen LogP contribution >= 0.6 is 11.6 Å². The Bertz CT molecular complexity index is 545. The molecule has 0 N–H and O–H groups in total. The van der Waals surface area contributed by atoms with E-state index in [-0.39, 0.29) is 6.61 Å². The summed E-state index contributed by atoms with van der Waals surface area (Å²) < 4.78 is 10.2. The van der Waals surface area contributed by atoms with Crippen molar-refractivity contribution in [2.45, 2.75) is 38.7 Å². The van der Waals surface area contributed by atoms with Gasteiger partial charge >= 0.3 is 11.9 Å².